The van der Waals surface area contributed by atoms with Crippen LogP contribution in [0.25, 0.3) is 10.9 Å². The molecule has 5 heteroatoms. The molecule has 0 atom stereocenters. The molecule has 2 rings (SSSR count). The predicted octanol–water partition coefficient (Wildman–Crippen LogP) is 3.91. The summed E-state index contributed by atoms with van der Waals surface area (Å²) in [5.41, 5.74) is 2.10. The van der Waals surface area contributed by atoms with E-state index in [1.54, 1.807) is 6.08 Å². The van der Waals surface area contributed by atoms with E-state index in [1.165, 1.54) is 9.12 Å². The number of hydrogen-bond donors (Lipinski definition) is 1. The van der Waals surface area contributed by atoms with Gasteiger partial charge in [-0.15, -0.1) is 6.58 Å². The molecule has 0 spiro atoms. The van der Waals surface area contributed by atoms with E-state index in [1.807, 2.05) is 28.2 Å². The number of para-hydroxylation sites is 1. The van der Waals surface area contributed by atoms with E-state index in [-0.39, 0.29) is 0 Å². The molecule has 0 amide bonds. The van der Waals surface area contributed by atoms with E-state index >= 15 is 0 Å². The summed E-state index contributed by atoms with van der Waals surface area (Å²) in [7, 11) is 1.48. The van der Waals surface area contributed by atoms with E-state index < -0.39 is 5.97 Å². The van der Waals surface area contributed by atoms with Crippen LogP contribution in [0, 0.1) is 0 Å². The number of aromatic carboxylic acids is 1. The molecule has 17 heavy (non-hydrogen) atoms. The van der Waals surface area contributed by atoms with Crippen LogP contribution >= 0.6 is 30.3 Å². The summed E-state index contributed by atoms with van der Waals surface area (Å²) in [6.07, 6.45) is 2.27. The van der Waals surface area contributed by atoms with Gasteiger partial charge in [0, 0.05) is 47.8 Å². The molecule has 0 aliphatic heterocycles. The number of rotatable bonds is 4. The smallest absolute Gasteiger partial charge is 0.338 e. The highest BCUT2D eigenvalue weighted by Gasteiger charge is 2.20. The molecule has 1 N–H and O–H groups in total. The van der Waals surface area contributed by atoms with Gasteiger partial charge in [0.05, 0.1) is 11.1 Å². The van der Waals surface area contributed by atoms with Gasteiger partial charge in [-0.2, -0.15) is 0 Å². The molecule has 0 bridgehead atoms. The molecular formula is C12H10INO2S. The van der Waals surface area contributed by atoms with Crippen LogP contribution in [0.4, 0.5) is 0 Å². The van der Waals surface area contributed by atoms with Crippen LogP contribution in [0.1, 0.15) is 16.1 Å². The van der Waals surface area contributed by atoms with Crippen LogP contribution < -0.4 is 0 Å². The number of hydrogen-bond acceptors (Lipinski definition) is 2. The number of aromatic nitrogens is 1. The van der Waals surface area contributed by atoms with E-state index in [0.29, 0.717) is 12.0 Å². The van der Waals surface area contributed by atoms with Gasteiger partial charge in [-0.3, -0.25) is 3.97 Å². The SMILES string of the molecule is C=CCc1c(C(=O)O)c2ccccc2n1SI. The fourth-order valence-electron chi connectivity index (χ4n) is 1.90. The van der Waals surface area contributed by atoms with Crippen LogP contribution in [0.2, 0.25) is 0 Å². The lowest BCUT2D eigenvalue weighted by Crippen LogP contribution is -2.02. The summed E-state index contributed by atoms with van der Waals surface area (Å²) in [5.74, 6) is -0.887. The largest absolute Gasteiger partial charge is 0.478 e. The Morgan fingerprint density at radius 3 is 2.82 bits per heavy atom. The Bertz CT molecular complexity index is 591. The molecule has 0 fully saturated rings. The van der Waals surface area contributed by atoms with E-state index in [9.17, 15) is 9.90 Å². The van der Waals surface area contributed by atoms with Crippen molar-refractivity contribution in [2.24, 2.45) is 0 Å². The summed E-state index contributed by atoms with van der Waals surface area (Å²) in [4.78, 5) is 11.4. The monoisotopic (exact) mass is 359 g/mol. The van der Waals surface area contributed by atoms with Crippen LogP contribution in [-0.2, 0) is 6.42 Å². The van der Waals surface area contributed by atoms with Gasteiger partial charge >= 0.3 is 5.97 Å². The first-order chi connectivity index (χ1) is 8.20. The van der Waals surface area contributed by atoms with Crippen molar-refractivity contribution in [1.82, 2.24) is 3.97 Å². The number of benzene rings is 1. The zero-order chi connectivity index (χ0) is 12.4. The van der Waals surface area contributed by atoms with Crippen molar-refractivity contribution in [1.29, 1.82) is 0 Å². The summed E-state index contributed by atoms with van der Waals surface area (Å²) in [6, 6.07) is 7.54. The normalized spacial score (nSPS) is 10.6. The summed E-state index contributed by atoms with van der Waals surface area (Å²) in [6.45, 7) is 3.68. The van der Waals surface area contributed by atoms with Crippen molar-refractivity contribution in [3.63, 3.8) is 0 Å². The highest BCUT2D eigenvalue weighted by Crippen LogP contribution is 2.33. The number of carboxylic acids is 1. The van der Waals surface area contributed by atoms with Gasteiger partial charge in [0.2, 0.25) is 0 Å². The molecule has 1 aromatic heterocycles. The van der Waals surface area contributed by atoms with Gasteiger partial charge in [0.15, 0.2) is 0 Å². The minimum absolute atomic E-state index is 0.379. The van der Waals surface area contributed by atoms with Crippen molar-refractivity contribution < 1.29 is 9.90 Å². The highest BCUT2D eigenvalue weighted by molar-refractivity contribution is 14.2. The lowest BCUT2D eigenvalue weighted by Gasteiger charge is -2.03. The molecule has 1 aromatic carbocycles. The van der Waals surface area contributed by atoms with Gasteiger partial charge in [-0.05, 0) is 6.07 Å². The van der Waals surface area contributed by atoms with Crippen LogP contribution in [-0.4, -0.2) is 15.0 Å². The molecule has 0 aliphatic rings. The molecule has 2 aromatic rings. The Labute approximate surface area is 115 Å². The average Bonchev–Trinajstić information content (AvgIpc) is 2.62. The molecule has 3 nitrogen and oxygen atoms in total. The van der Waals surface area contributed by atoms with Crippen LogP contribution in [0.3, 0.4) is 0 Å². The summed E-state index contributed by atoms with van der Waals surface area (Å²) < 4.78 is 1.95. The van der Waals surface area contributed by atoms with Gasteiger partial charge in [0.25, 0.3) is 0 Å². The second-order valence-corrected chi connectivity index (χ2v) is 5.19. The third kappa shape index (κ3) is 2.09. The number of carboxylic acid groups (broad SMARTS) is 1. The minimum atomic E-state index is -0.887. The van der Waals surface area contributed by atoms with E-state index in [0.717, 1.165) is 16.6 Å². The van der Waals surface area contributed by atoms with E-state index in [2.05, 4.69) is 27.8 Å². The molecule has 88 valence electrons. The van der Waals surface area contributed by atoms with Gasteiger partial charge in [-0.25, -0.2) is 4.79 Å². The second-order valence-electron chi connectivity index (χ2n) is 3.50. The lowest BCUT2D eigenvalue weighted by atomic mass is 10.1. The quantitative estimate of drug-likeness (QED) is 0.665. The van der Waals surface area contributed by atoms with Crippen molar-refractivity contribution in [3.8, 4) is 0 Å². The Kier molecular flexibility index (Phi) is 3.78. The maximum Gasteiger partial charge on any atom is 0.338 e. The summed E-state index contributed by atoms with van der Waals surface area (Å²) >= 11 is 2.16. The maximum absolute atomic E-state index is 11.4. The number of allylic oxidation sites excluding steroid dienone is 1. The number of nitrogens with zero attached hydrogens (tertiary/aromatic N) is 1. The fraction of sp³-hybridized carbons (Fsp3) is 0.0833. The van der Waals surface area contributed by atoms with Crippen molar-refractivity contribution in [2.45, 2.75) is 6.42 Å². The van der Waals surface area contributed by atoms with Crippen molar-refractivity contribution in [3.05, 3.63) is 48.2 Å². The molecule has 0 radical (unpaired) electrons. The van der Waals surface area contributed by atoms with Gasteiger partial charge in [0.1, 0.15) is 0 Å². The van der Waals surface area contributed by atoms with Crippen LogP contribution in [0.5, 0.6) is 0 Å². The fourth-order valence-corrected chi connectivity index (χ4v) is 3.74. The predicted molar refractivity (Wildman–Crippen MR) is 79.8 cm³/mol. The zero-order valence-corrected chi connectivity index (χ0v) is 11.9. The van der Waals surface area contributed by atoms with Crippen molar-refractivity contribution >= 4 is 47.2 Å². The maximum atomic E-state index is 11.4. The third-order valence-corrected chi connectivity index (χ3v) is 4.28. The molecule has 0 unspecified atom stereocenters. The number of fused-ring (bicyclic) bond motifs is 1. The Morgan fingerprint density at radius 1 is 1.53 bits per heavy atom. The molecule has 0 aliphatic carbocycles. The summed E-state index contributed by atoms with van der Waals surface area (Å²) in [5, 5.41) is 10.1. The Balaban J connectivity index is 2.86. The van der Waals surface area contributed by atoms with Gasteiger partial charge < -0.3 is 5.11 Å². The standard InChI is InChI=1S/C12H10INO2S/c1-2-5-10-11(12(15)16)8-6-3-4-7-9(8)14(10)17-13/h2-4,6-7H,1,5H2,(H,15,16). The van der Waals surface area contributed by atoms with E-state index in [4.69, 9.17) is 0 Å². The Morgan fingerprint density at radius 2 is 2.24 bits per heavy atom. The second kappa shape index (κ2) is 5.14. The lowest BCUT2D eigenvalue weighted by molar-refractivity contribution is 0.0698. The molecule has 0 saturated carbocycles. The zero-order valence-electron chi connectivity index (χ0n) is 8.89. The van der Waals surface area contributed by atoms with Gasteiger partial charge in [-0.1, -0.05) is 24.3 Å². The topological polar surface area (TPSA) is 42.2 Å². The molecule has 1 heterocycles. The Hall–Kier alpha value is -0.950. The minimum Gasteiger partial charge on any atom is -0.478 e. The number of carbonyl (C=O) groups is 1. The molecular weight excluding hydrogens is 349 g/mol. The highest BCUT2D eigenvalue weighted by atomic mass is 127. The first kappa shape index (κ1) is 12.5. The number of halogens is 1. The third-order valence-electron chi connectivity index (χ3n) is 2.55. The molecule has 0 saturated heterocycles. The van der Waals surface area contributed by atoms with Crippen LogP contribution in [0.15, 0.2) is 36.9 Å². The average molecular weight is 359 g/mol. The first-order valence-corrected chi connectivity index (χ1v) is 8.28. The first-order valence-electron chi connectivity index (χ1n) is 4.96. The van der Waals surface area contributed by atoms with Crippen molar-refractivity contribution in [2.75, 3.05) is 0 Å².